The maximum Gasteiger partial charge on any atom is 0.135 e. The van der Waals surface area contributed by atoms with Crippen molar-refractivity contribution in [1.82, 2.24) is 19.4 Å². The summed E-state index contributed by atoms with van der Waals surface area (Å²) in [6.07, 6.45) is 11.6. The third-order valence-corrected chi connectivity index (χ3v) is 19.4. The number of hydrogen-bond acceptors (Lipinski definition) is 6. The quantitative estimate of drug-likeness (QED) is 0.134. The van der Waals surface area contributed by atoms with Gasteiger partial charge in [-0.1, -0.05) is 182 Å². The predicted molar refractivity (Wildman–Crippen MR) is 324 cm³/mol. The Morgan fingerprint density at radius 3 is 1.64 bits per heavy atom. The van der Waals surface area contributed by atoms with Gasteiger partial charge in [0.15, 0.2) is 0 Å². The van der Waals surface area contributed by atoms with Gasteiger partial charge in [-0.3, -0.25) is 9.80 Å². The number of fused-ring (bicyclic) bond motifs is 8. The van der Waals surface area contributed by atoms with Crippen LogP contribution in [0.3, 0.4) is 0 Å². The van der Waals surface area contributed by atoms with Crippen molar-refractivity contribution in [3.05, 3.63) is 222 Å². The first kappa shape index (κ1) is 52.8. The number of rotatable bonds is 9. The summed E-state index contributed by atoms with van der Waals surface area (Å²) >= 11 is 0. The van der Waals surface area contributed by atoms with Gasteiger partial charge in [-0.15, -0.1) is 53.6 Å². The number of ether oxygens (including phenoxy) is 1. The van der Waals surface area contributed by atoms with Crippen LogP contribution >= 0.6 is 0 Å². The molecule has 80 heavy (non-hydrogen) atoms. The zero-order chi connectivity index (χ0) is 54.0. The molecule has 4 bridgehead atoms. The van der Waals surface area contributed by atoms with Crippen molar-refractivity contribution in [3.8, 4) is 17.3 Å². The van der Waals surface area contributed by atoms with Crippen LogP contribution in [0.15, 0.2) is 170 Å². The molecule has 6 heterocycles. The molecule has 4 fully saturated rings. The molecule has 7 nitrogen and oxygen atoms in total. The second-order valence-corrected chi connectivity index (χ2v) is 25.5. The van der Waals surface area contributed by atoms with E-state index in [1.807, 2.05) is 6.20 Å². The summed E-state index contributed by atoms with van der Waals surface area (Å²) in [7, 11) is 4.81. The molecule has 4 atom stereocenters. The standard InChI is InChI=1S/C72H73N6O.Pt/c1-69(2,3)50-40-41-73-67(44-50)78-59-31-16-15-28-55(59)56-39-38-53(46-62(56)78)79-54-43-51(70(4,5)6)42-52(45-54)76-47-77(61-33-18-17-32-60(61)76)68-57(71(48-24-11-9-12-25-48)63-34-19-20-35-64(71)74(63)7)29-23-30-58(68)72(49-26-13-10-14-27-49)65-36-21-22-37-66(72)75(65)8;/h9-18,23-33,38-44,47,63-66H,19-22,34-37H2,1-8H3;/q-3;. The van der Waals surface area contributed by atoms with Gasteiger partial charge in [0.05, 0.1) is 10.8 Å². The van der Waals surface area contributed by atoms with Crippen LogP contribution in [-0.2, 0) is 42.7 Å². The second kappa shape index (κ2) is 19.9. The van der Waals surface area contributed by atoms with Crippen molar-refractivity contribution in [3.63, 3.8) is 0 Å². The van der Waals surface area contributed by atoms with Crippen LogP contribution in [0.2, 0.25) is 0 Å². The summed E-state index contributed by atoms with van der Waals surface area (Å²) in [5, 5.41) is 2.26. The number of likely N-dealkylation sites (N-methyl/N-ethyl adjacent to an activating group) is 2. The first-order valence-electron chi connectivity index (χ1n) is 29.2. The van der Waals surface area contributed by atoms with Crippen molar-refractivity contribution < 1.29 is 25.8 Å². The van der Waals surface area contributed by atoms with Crippen LogP contribution in [-0.4, -0.2) is 57.6 Å². The summed E-state index contributed by atoms with van der Waals surface area (Å²) in [5.41, 5.74) is 14.0. The first-order chi connectivity index (χ1) is 38.3. The van der Waals surface area contributed by atoms with E-state index in [0.717, 1.165) is 44.6 Å². The molecule has 9 aromatic rings. The normalized spacial score (nSPS) is 23.9. The molecule has 1 aliphatic carbocycles. The molecule has 2 aromatic heterocycles. The fourth-order valence-corrected chi connectivity index (χ4v) is 15.7. The Kier molecular flexibility index (Phi) is 13.1. The zero-order valence-corrected chi connectivity index (χ0v) is 49.9. The second-order valence-electron chi connectivity index (χ2n) is 25.5. The van der Waals surface area contributed by atoms with E-state index in [9.17, 15) is 0 Å². The summed E-state index contributed by atoms with van der Waals surface area (Å²) < 4.78 is 9.31. The van der Waals surface area contributed by atoms with Gasteiger partial charge in [0.25, 0.3) is 0 Å². The van der Waals surface area contributed by atoms with Crippen molar-refractivity contribution in [1.29, 1.82) is 0 Å². The number of pyridine rings is 1. The third kappa shape index (κ3) is 8.02. The number of benzene rings is 7. The average molecular weight is 1230 g/mol. The molecule has 410 valence electrons. The van der Waals surface area contributed by atoms with E-state index in [2.05, 4.69) is 262 Å². The molecule has 0 N–H and O–H groups in total. The summed E-state index contributed by atoms with van der Waals surface area (Å²) in [6, 6.07) is 70.6. The minimum atomic E-state index is -0.221. The number of aromatic nitrogens is 2. The molecular formula is C72H73N6OPt-3. The fraction of sp³-hybridized carbons (Fsp3) is 0.333. The van der Waals surface area contributed by atoms with E-state index < -0.39 is 0 Å². The van der Waals surface area contributed by atoms with Crippen molar-refractivity contribution >= 4 is 44.6 Å². The molecule has 0 amide bonds. The van der Waals surface area contributed by atoms with Crippen molar-refractivity contribution in [2.45, 2.75) is 139 Å². The van der Waals surface area contributed by atoms with Gasteiger partial charge in [0.1, 0.15) is 5.82 Å². The molecule has 4 aliphatic heterocycles. The summed E-state index contributed by atoms with van der Waals surface area (Å²) in [5.74, 6) is 2.14. The smallest absolute Gasteiger partial charge is 0.135 e. The predicted octanol–water partition coefficient (Wildman–Crippen LogP) is 16.7. The number of hydrogen-bond donors (Lipinski definition) is 0. The van der Waals surface area contributed by atoms with E-state index in [1.165, 1.54) is 90.6 Å². The first-order valence-corrected chi connectivity index (χ1v) is 29.2. The van der Waals surface area contributed by atoms with Gasteiger partial charge in [-0.25, -0.2) is 4.98 Å². The Hall–Kier alpha value is -6.50. The third-order valence-electron chi connectivity index (χ3n) is 19.4. The number of anilines is 4. The Balaban J connectivity index is 0.00000605. The van der Waals surface area contributed by atoms with E-state index in [0.29, 0.717) is 35.7 Å². The van der Waals surface area contributed by atoms with Gasteiger partial charge < -0.3 is 19.1 Å². The van der Waals surface area contributed by atoms with Crippen molar-refractivity contribution in [2.75, 3.05) is 23.9 Å². The zero-order valence-electron chi connectivity index (χ0n) is 47.6. The van der Waals surface area contributed by atoms with E-state index >= 15 is 0 Å². The van der Waals surface area contributed by atoms with Crippen molar-refractivity contribution in [2.24, 2.45) is 0 Å². The van der Waals surface area contributed by atoms with E-state index in [4.69, 9.17) is 9.72 Å². The SMILES string of the molecule is CN1C2CCCCC1C2(c1ccccc1)c1cccc(C2(c3ccccc3)C3CCCCC2N3C)c1N1[CH-]N(c2[c-]c(Oc3[c-]c4c(cc3)c3ccccc3n4-c3cc(C(C)(C)C)ccn3)cc(C(C)(C)C)c2)c2ccccc21.[Pt]. The topological polar surface area (TPSA) is 40.0 Å². The molecule has 7 aromatic carbocycles. The van der Waals surface area contributed by atoms with Gasteiger partial charge in [-0.05, 0) is 114 Å². The molecule has 1 saturated carbocycles. The Labute approximate surface area is 488 Å². The van der Waals surface area contributed by atoms with Gasteiger partial charge in [0, 0.05) is 85.5 Å². The maximum absolute atomic E-state index is 7.08. The van der Waals surface area contributed by atoms with Crippen LogP contribution in [0.25, 0.3) is 27.6 Å². The van der Waals surface area contributed by atoms with Crippen LogP contribution < -0.4 is 14.5 Å². The number of nitrogens with zero attached hydrogens (tertiary/aromatic N) is 6. The van der Waals surface area contributed by atoms with Gasteiger partial charge >= 0.3 is 0 Å². The maximum atomic E-state index is 7.08. The molecule has 0 radical (unpaired) electrons. The number of para-hydroxylation sites is 4. The van der Waals surface area contributed by atoms with E-state index in [-0.39, 0.29) is 42.7 Å². The molecular weight excluding hydrogens is 1160 g/mol. The Bertz CT molecular complexity index is 3660. The molecule has 5 aliphatic rings. The summed E-state index contributed by atoms with van der Waals surface area (Å²) in [6.45, 7) is 16.0. The molecule has 0 spiro atoms. The van der Waals surface area contributed by atoms with Crippen LogP contribution in [0.4, 0.5) is 22.7 Å². The van der Waals surface area contributed by atoms with Crippen LogP contribution in [0.5, 0.6) is 11.5 Å². The number of likely N-dealkylation sites (tertiary alicyclic amines) is 1. The monoisotopic (exact) mass is 1230 g/mol. The Morgan fingerprint density at radius 1 is 0.525 bits per heavy atom. The van der Waals surface area contributed by atoms with Crippen LogP contribution in [0, 0.1) is 18.8 Å². The molecule has 3 saturated heterocycles. The Morgan fingerprint density at radius 2 is 1.06 bits per heavy atom. The summed E-state index contributed by atoms with van der Waals surface area (Å²) in [4.78, 5) is 15.4. The fourth-order valence-electron chi connectivity index (χ4n) is 15.7. The molecule has 8 heteroatoms. The molecule has 4 unspecified atom stereocenters. The van der Waals surface area contributed by atoms with E-state index in [1.54, 1.807) is 0 Å². The minimum absolute atomic E-state index is 0. The largest absolute Gasteiger partial charge is 0.509 e. The van der Waals surface area contributed by atoms with Crippen LogP contribution in [0.1, 0.15) is 126 Å². The van der Waals surface area contributed by atoms with Gasteiger partial charge in [-0.2, -0.15) is 6.07 Å². The van der Waals surface area contributed by atoms with Gasteiger partial charge in [0.2, 0.25) is 0 Å². The average Bonchev–Trinajstić information content (AvgIpc) is 2.86. The minimum Gasteiger partial charge on any atom is -0.509 e. The molecule has 14 rings (SSSR count).